The smallest absolute Gasteiger partial charge is 0.0434 e. The molecule has 72 valence electrons. The van der Waals surface area contributed by atoms with Gasteiger partial charge in [-0.3, -0.25) is 4.98 Å². The van der Waals surface area contributed by atoms with Gasteiger partial charge in [-0.2, -0.15) is 0 Å². The summed E-state index contributed by atoms with van der Waals surface area (Å²) in [6.45, 7) is 0.595. The van der Waals surface area contributed by atoms with Crippen LogP contribution in [0.2, 0.25) is 0 Å². The number of pyridine rings is 1. The monoisotopic (exact) mass is 198 g/mol. The minimum atomic E-state index is 0. The molecule has 0 aliphatic heterocycles. The van der Waals surface area contributed by atoms with E-state index in [0.29, 0.717) is 6.54 Å². The van der Waals surface area contributed by atoms with Gasteiger partial charge >= 0.3 is 0 Å². The first-order valence-corrected chi connectivity index (χ1v) is 4.55. The Hall–Kier alpha value is -0.600. The summed E-state index contributed by atoms with van der Waals surface area (Å²) in [5, 5.41) is 0. The van der Waals surface area contributed by atoms with Gasteiger partial charge in [0.05, 0.1) is 0 Å². The van der Waals surface area contributed by atoms with Crippen molar-refractivity contribution in [1.82, 2.24) is 4.98 Å². The average molecular weight is 199 g/mol. The van der Waals surface area contributed by atoms with E-state index in [1.54, 1.807) is 0 Å². The summed E-state index contributed by atoms with van der Waals surface area (Å²) in [5.74, 6) is 0.733. The fourth-order valence-electron chi connectivity index (χ4n) is 1.50. The van der Waals surface area contributed by atoms with Gasteiger partial charge in [0, 0.05) is 24.4 Å². The summed E-state index contributed by atoms with van der Waals surface area (Å²) < 4.78 is 0. The molecule has 1 aromatic heterocycles. The molecule has 2 nitrogen and oxygen atoms in total. The van der Waals surface area contributed by atoms with E-state index in [0.717, 1.165) is 11.5 Å². The lowest BCUT2D eigenvalue weighted by molar-refractivity contribution is 0.411. The number of rotatable bonds is 2. The van der Waals surface area contributed by atoms with Gasteiger partial charge in [0.25, 0.3) is 0 Å². The first-order chi connectivity index (χ1) is 5.90. The first kappa shape index (κ1) is 10.5. The second-order valence-electron chi connectivity index (χ2n) is 3.42. The molecule has 1 heterocycles. The molecular formula is C10H15ClN2. The number of hydrogen-bond donors (Lipinski definition) is 1. The summed E-state index contributed by atoms with van der Waals surface area (Å²) >= 11 is 0. The van der Waals surface area contributed by atoms with E-state index in [4.69, 9.17) is 5.73 Å². The predicted molar refractivity (Wildman–Crippen MR) is 56.0 cm³/mol. The zero-order valence-electron chi connectivity index (χ0n) is 7.57. The van der Waals surface area contributed by atoms with Crippen LogP contribution in [0.15, 0.2) is 18.3 Å². The maximum Gasteiger partial charge on any atom is 0.0434 e. The number of nitrogens with zero attached hydrogens (tertiary/aromatic N) is 1. The van der Waals surface area contributed by atoms with Crippen molar-refractivity contribution >= 4 is 12.4 Å². The molecule has 0 atom stereocenters. The van der Waals surface area contributed by atoms with Gasteiger partial charge in [0.2, 0.25) is 0 Å². The third-order valence-corrected chi connectivity index (χ3v) is 2.61. The normalized spacial score (nSPS) is 16.1. The molecule has 1 saturated carbocycles. The highest BCUT2D eigenvalue weighted by atomic mass is 35.5. The highest BCUT2D eigenvalue weighted by Gasteiger charge is 2.20. The summed E-state index contributed by atoms with van der Waals surface area (Å²) in [6, 6.07) is 4.20. The van der Waals surface area contributed by atoms with Crippen molar-refractivity contribution in [1.29, 1.82) is 0 Å². The predicted octanol–water partition coefficient (Wildman–Crippen LogP) is 2.23. The molecule has 2 N–H and O–H groups in total. The van der Waals surface area contributed by atoms with Gasteiger partial charge in [0.1, 0.15) is 0 Å². The van der Waals surface area contributed by atoms with Crippen LogP contribution in [0.25, 0.3) is 0 Å². The fourth-order valence-corrected chi connectivity index (χ4v) is 1.50. The minimum Gasteiger partial charge on any atom is -0.326 e. The summed E-state index contributed by atoms with van der Waals surface area (Å²) in [5.41, 5.74) is 7.85. The van der Waals surface area contributed by atoms with Gasteiger partial charge in [-0.05, 0) is 24.5 Å². The zero-order valence-corrected chi connectivity index (χ0v) is 8.39. The van der Waals surface area contributed by atoms with Crippen LogP contribution in [0.3, 0.4) is 0 Å². The Morgan fingerprint density at radius 1 is 1.38 bits per heavy atom. The van der Waals surface area contributed by atoms with Gasteiger partial charge in [-0.1, -0.05) is 12.5 Å². The number of nitrogens with two attached hydrogens (primary N) is 1. The van der Waals surface area contributed by atoms with E-state index in [-0.39, 0.29) is 12.4 Å². The van der Waals surface area contributed by atoms with Crippen molar-refractivity contribution in [2.45, 2.75) is 31.7 Å². The molecule has 1 aliphatic carbocycles. The van der Waals surface area contributed by atoms with Crippen LogP contribution in [-0.4, -0.2) is 4.98 Å². The van der Waals surface area contributed by atoms with Crippen LogP contribution in [0.4, 0.5) is 0 Å². The highest BCUT2D eigenvalue weighted by Crippen LogP contribution is 2.34. The lowest BCUT2D eigenvalue weighted by atomic mass is 9.82. The molecule has 1 fully saturated rings. The minimum absolute atomic E-state index is 0. The number of hydrogen-bond acceptors (Lipinski definition) is 2. The van der Waals surface area contributed by atoms with E-state index in [1.807, 2.05) is 6.20 Å². The van der Waals surface area contributed by atoms with Crippen LogP contribution >= 0.6 is 12.4 Å². The van der Waals surface area contributed by atoms with Gasteiger partial charge in [0.15, 0.2) is 0 Å². The standard InChI is InChI=1S/C10H14N2.ClH/c11-6-8-4-5-10(12-7-8)9-2-1-3-9;/h4-5,7,9H,1-3,6,11H2;1H. The summed E-state index contributed by atoms with van der Waals surface area (Å²) in [7, 11) is 0. The third-order valence-electron chi connectivity index (χ3n) is 2.61. The van der Waals surface area contributed by atoms with E-state index in [9.17, 15) is 0 Å². The SMILES string of the molecule is Cl.NCc1ccc(C2CCC2)nc1. The molecule has 1 aromatic rings. The van der Waals surface area contributed by atoms with Crippen LogP contribution in [0, 0.1) is 0 Å². The Kier molecular flexibility index (Phi) is 3.70. The second-order valence-corrected chi connectivity index (χ2v) is 3.42. The molecule has 1 aliphatic rings. The summed E-state index contributed by atoms with van der Waals surface area (Å²) in [4.78, 5) is 4.39. The average Bonchev–Trinajstić information content (AvgIpc) is 2.03. The van der Waals surface area contributed by atoms with Gasteiger partial charge < -0.3 is 5.73 Å². The van der Waals surface area contributed by atoms with Crippen molar-refractivity contribution in [3.63, 3.8) is 0 Å². The van der Waals surface area contributed by atoms with Crippen LogP contribution < -0.4 is 5.73 Å². The Balaban J connectivity index is 0.000000845. The first-order valence-electron chi connectivity index (χ1n) is 4.55. The maximum atomic E-state index is 5.48. The Labute approximate surface area is 85.0 Å². The number of halogens is 1. The van der Waals surface area contributed by atoms with Gasteiger partial charge in [-0.25, -0.2) is 0 Å². The van der Waals surface area contributed by atoms with Crippen LogP contribution in [-0.2, 0) is 6.54 Å². The molecule has 0 radical (unpaired) electrons. The summed E-state index contributed by atoms with van der Waals surface area (Å²) in [6.07, 6.45) is 5.89. The van der Waals surface area contributed by atoms with Crippen molar-refractivity contribution < 1.29 is 0 Å². The molecule has 3 heteroatoms. The van der Waals surface area contributed by atoms with E-state index >= 15 is 0 Å². The maximum absolute atomic E-state index is 5.48. The largest absolute Gasteiger partial charge is 0.326 e. The second kappa shape index (κ2) is 4.58. The molecule has 0 amide bonds. The van der Waals surface area contributed by atoms with Crippen molar-refractivity contribution in [2.24, 2.45) is 5.73 Å². The molecule has 0 spiro atoms. The van der Waals surface area contributed by atoms with E-state index in [2.05, 4.69) is 17.1 Å². The Bertz CT molecular complexity index is 254. The van der Waals surface area contributed by atoms with Gasteiger partial charge in [-0.15, -0.1) is 12.4 Å². The molecule has 0 bridgehead atoms. The van der Waals surface area contributed by atoms with Crippen LogP contribution in [0.1, 0.15) is 36.4 Å². The lowest BCUT2D eigenvalue weighted by Gasteiger charge is -2.24. The third kappa shape index (κ3) is 2.20. The van der Waals surface area contributed by atoms with Crippen molar-refractivity contribution in [2.75, 3.05) is 0 Å². The lowest BCUT2D eigenvalue weighted by Crippen LogP contribution is -2.10. The molecule has 2 rings (SSSR count). The Morgan fingerprint density at radius 3 is 2.54 bits per heavy atom. The zero-order chi connectivity index (χ0) is 8.39. The van der Waals surface area contributed by atoms with E-state index in [1.165, 1.54) is 25.0 Å². The fraction of sp³-hybridized carbons (Fsp3) is 0.500. The number of aromatic nitrogens is 1. The quantitative estimate of drug-likeness (QED) is 0.792. The molecule has 0 aromatic carbocycles. The molecule has 0 unspecified atom stereocenters. The van der Waals surface area contributed by atoms with Crippen molar-refractivity contribution in [3.05, 3.63) is 29.6 Å². The van der Waals surface area contributed by atoms with Crippen LogP contribution in [0.5, 0.6) is 0 Å². The van der Waals surface area contributed by atoms with E-state index < -0.39 is 0 Å². The topological polar surface area (TPSA) is 38.9 Å². The van der Waals surface area contributed by atoms with Crippen molar-refractivity contribution in [3.8, 4) is 0 Å². The highest BCUT2D eigenvalue weighted by molar-refractivity contribution is 5.85. The molecule has 0 saturated heterocycles. The molecule has 13 heavy (non-hydrogen) atoms. The Morgan fingerprint density at radius 2 is 2.15 bits per heavy atom. The molecular weight excluding hydrogens is 184 g/mol.